The van der Waals surface area contributed by atoms with Gasteiger partial charge in [-0.05, 0) is 36.5 Å². The molecule has 1 saturated heterocycles. The van der Waals surface area contributed by atoms with Gasteiger partial charge in [0.15, 0.2) is 0 Å². The van der Waals surface area contributed by atoms with Crippen molar-refractivity contribution < 1.29 is 4.79 Å². The van der Waals surface area contributed by atoms with Gasteiger partial charge in [-0.1, -0.05) is 41.9 Å². The fourth-order valence-electron chi connectivity index (χ4n) is 2.57. The number of carbonyl (C=O) groups excluding carboxylic acids is 1. The largest absolute Gasteiger partial charge is 0.334 e. The zero-order valence-electron chi connectivity index (χ0n) is 11.5. The van der Waals surface area contributed by atoms with Crippen molar-refractivity contribution in [3.63, 3.8) is 0 Å². The Balaban J connectivity index is 2.19. The molecule has 0 aromatic heterocycles. The number of hydrogen-bond acceptors (Lipinski definition) is 2. The number of amides is 1. The lowest BCUT2D eigenvalue weighted by Gasteiger charge is -2.29. The summed E-state index contributed by atoms with van der Waals surface area (Å²) in [4.78, 5) is 14.4. The van der Waals surface area contributed by atoms with E-state index in [-0.39, 0.29) is 17.9 Å². The highest BCUT2D eigenvalue weighted by Gasteiger charge is 2.33. The number of nitrogens with two attached hydrogens (primary N) is 1. The minimum Gasteiger partial charge on any atom is -0.334 e. The van der Waals surface area contributed by atoms with Crippen molar-refractivity contribution >= 4 is 21.8 Å². The molecule has 1 aromatic carbocycles. The lowest BCUT2D eigenvalue weighted by Crippen LogP contribution is -2.46. The van der Waals surface area contributed by atoms with Gasteiger partial charge in [0.1, 0.15) is 0 Å². The van der Waals surface area contributed by atoms with Gasteiger partial charge in [0, 0.05) is 11.0 Å². The molecule has 2 rings (SSSR count). The maximum Gasteiger partial charge on any atom is 0.240 e. The predicted octanol–water partition coefficient (Wildman–Crippen LogP) is 3.10. The van der Waals surface area contributed by atoms with Crippen molar-refractivity contribution in [1.29, 1.82) is 0 Å². The Morgan fingerprint density at radius 1 is 1.47 bits per heavy atom. The first-order valence-electron chi connectivity index (χ1n) is 6.82. The average molecular weight is 325 g/mol. The van der Waals surface area contributed by atoms with Crippen LogP contribution in [0.2, 0.25) is 0 Å². The lowest BCUT2D eigenvalue weighted by atomic mass is 10.0. The predicted molar refractivity (Wildman–Crippen MR) is 80.6 cm³/mol. The van der Waals surface area contributed by atoms with Gasteiger partial charge in [-0.2, -0.15) is 0 Å². The molecule has 0 spiro atoms. The number of nitrogens with zero attached hydrogens (tertiary/aromatic N) is 1. The Hall–Kier alpha value is -0.870. The second-order valence-electron chi connectivity index (χ2n) is 5.51. The summed E-state index contributed by atoms with van der Waals surface area (Å²) in [5.41, 5.74) is 7.20. The molecular weight excluding hydrogens is 304 g/mol. The average Bonchev–Trinajstić information content (AvgIpc) is 2.86. The van der Waals surface area contributed by atoms with Gasteiger partial charge in [0.2, 0.25) is 5.91 Å². The minimum absolute atomic E-state index is 0.0810. The minimum atomic E-state index is -0.396. The molecule has 0 saturated carbocycles. The van der Waals surface area contributed by atoms with E-state index in [1.54, 1.807) is 0 Å². The normalized spacial score (nSPS) is 20.9. The molecule has 2 N–H and O–H groups in total. The quantitative estimate of drug-likeness (QED) is 0.928. The molecule has 0 aliphatic carbocycles. The monoisotopic (exact) mass is 324 g/mol. The van der Waals surface area contributed by atoms with Crippen LogP contribution in [0.15, 0.2) is 28.7 Å². The Morgan fingerprint density at radius 2 is 2.21 bits per heavy atom. The van der Waals surface area contributed by atoms with Gasteiger partial charge in [-0.25, -0.2) is 0 Å². The number of likely N-dealkylation sites (tertiary alicyclic amines) is 1. The standard InChI is InChI=1S/C15H21BrN2O/c1-10(2)14(17)15(19)18-8-4-7-13(18)11-5-3-6-12(16)9-11/h3,5-6,9-10,13-14H,4,7-8,17H2,1-2H3. The van der Waals surface area contributed by atoms with Gasteiger partial charge < -0.3 is 10.6 Å². The second kappa shape index (κ2) is 6.06. The van der Waals surface area contributed by atoms with E-state index in [4.69, 9.17) is 5.73 Å². The van der Waals surface area contributed by atoms with Crippen molar-refractivity contribution in [3.8, 4) is 0 Å². The van der Waals surface area contributed by atoms with Crippen LogP contribution in [0.1, 0.15) is 38.3 Å². The summed E-state index contributed by atoms with van der Waals surface area (Å²) in [7, 11) is 0. The zero-order chi connectivity index (χ0) is 14.0. The Bertz CT molecular complexity index is 461. The summed E-state index contributed by atoms with van der Waals surface area (Å²) in [5, 5.41) is 0. The zero-order valence-corrected chi connectivity index (χ0v) is 13.1. The fourth-order valence-corrected chi connectivity index (χ4v) is 2.98. The first-order chi connectivity index (χ1) is 9.00. The van der Waals surface area contributed by atoms with Crippen LogP contribution in [0.5, 0.6) is 0 Å². The van der Waals surface area contributed by atoms with Crippen LogP contribution in [-0.4, -0.2) is 23.4 Å². The molecule has 0 bridgehead atoms. The van der Waals surface area contributed by atoms with Crippen LogP contribution in [0.25, 0.3) is 0 Å². The molecule has 2 unspecified atom stereocenters. The number of rotatable bonds is 3. The highest BCUT2D eigenvalue weighted by molar-refractivity contribution is 9.10. The van der Waals surface area contributed by atoms with Gasteiger partial charge >= 0.3 is 0 Å². The maximum atomic E-state index is 12.4. The van der Waals surface area contributed by atoms with Crippen molar-refractivity contribution in [2.75, 3.05) is 6.54 Å². The summed E-state index contributed by atoms with van der Waals surface area (Å²) < 4.78 is 1.05. The van der Waals surface area contributed by atoms with Crippen LogP contribution < -0.4 is 5.73 Å². The van der Waals surface area contributed by atoms with Crippen LogP contribution in [-0.2, 0) is 4.79 Å². The van der Waals surface area contributed by atoms with Crippen molar-refractivity contribution in [1.82, 2.24) is 4.90 Å². The van der Waals surface area contributed by atoms with E-state index in [0.29, 0.717) is 0 Å². The molecule has 1 amide bonds. The molecule has 19 heavy (non-hydrogen) atoms. The van der Waals surface area contributed by atoms with Gasteiger partial charge in [-0.3, -0.25) is 4.79 Å². The summed E-state index contributed by atoms with van der Waals surface area (Å²) >= 11 is 3.49. The topological polar surface area (TPSA) is 46.3 Å². The maximum absolute atomic E-state index is 12.4. The van der Waals surface area contributed by atoms with Gasteiger partial charge in [0.25, 0.3) is 0 Å². The molecule has 0 radical (unpaired) electrons. The second-order valence-corrected chi connectivity index (χ2v) is 6.43. The molecule has 2 atom stereocenters. The number of halogens is 1. The highest BCUT2D eigenvalue weighted by atomic mass is 79.9. The molecule has 1 aromatic rings. The molecule has 3 nitrogen and oxygen atoms in total. The Kier molecular flexibility index (Phi) is 4.63. The summed E-state index contributed by atoms with van der Waals surface area (Å²) in [6.07, 6.45) is 2.07. The third-order valence-corrected chi connectivity index (χ3v) is 4.27. The molecule has 1 aliphatic heterocycles. The highest BCUT2D eigenvalue weighted by Crippen LogP contribution is 2.33. The smallest absolute Gasteiger partial charge is 0.240 e. The Morgan fingerprint density at radius 3 is 2.84 bits per heavy atom. The van der Waals surface area contributed by atoms with Crippen molar-refractivity contribution in [2.24, 2.45) is 11.7 Å². The lowest BCUT2D eigenvalue weighted by molar-refractivity contribution is -0.134. The third-order valence-electron chi connectivity index (χ3n) is 3.77. The summed E-state index contributed by atoms with van der Waals surface area (Å²) in [5.74, 6) is 0.258. The van der Waals surface area contributed by atoms with Crippen molar-refractivity contribution in [2.45, 2.75) is 38.8 Å². The van der Waals surface area contributed by atoms with E-state index in [9.17, 15) is 4.79 Å². The Labute approximate surface area is 123 Å². The molecule has 4 heteroatoms. The first-order valence-corrected chi connectivity index (χ1v) is 7.61. The SMILES string of the molecule is CC(C)C(N)C(=O)N1CCCC1c1cccc(Br)c1. The fraction of sp³-hybridized carbons (Fsp3) is 0.533. The van der Waals surface area contributed by atoms with E-state index >= 15 is 0 Å². The van der Waals surface area contributed by atoms with Gasteiger partial charge in [-0.15, -0.1) is 0 Å². The number of carbonyl (C=O) groups is 1. The van der Waals surface area contributed by atoms with E-state index in [0.717, 1.165) is 23.9 Å². The van der Waals surface area contributed by atoms with Crippen molar-refractivity contribution in [3.05, 3.63) is 34.3 Å². The molecule has 104 valence electrons. The molecule has 1 aliphatic rings. The van der Waals surface area contributed by atoms with Crippen LogP contribution in [0.3, 0.4) is 0 Å². The molecule has 1 fully saturated rings. The van der Waals surface area contributed by atoms with E-state index in [1.165, 1.54) is 5.56 Å². The van der Waals surface area contributed by atoms with E-state index in [1.807, 2.05) is 30.9 Å². The molecular formula is C15H21BrN2O. The van der Waals surface area contributed by atoms with E-state index in [2.05, 4.69) is 28.1 Å². The van der Waals surface area contributed by atoms with Crippen LogP contribution >= 0.6 is 15.9 Å². The number of hydrogen-bond donors (Lipinski definition) is 1. The summed E-state index contributed by atoms with van der Waals surface area (Å²) in [6.45, 7) is 4.80. The summed E-state index contributed by atoms with van der Waals surface area (Å²) in [6, 6.07) is 7.98. The van der Waals surface area contributed by atoms with E-state index < -0.39 is 6.04 Å². The third kappa shape index (κ3) is 3.18. The van der Waals surface area contributed by atoms with Crippen LogP contribution in [0, 0.1) is 5.92 Å². The first kappa shape index (κ1) is 14.5. The van der Waals surface area contributed by atoms with Gasteiger partial charge in [0.05, 0.1) is 12.1 Å². The van der Waals surface area contributed by atoms with Crippen LogP contribution in [0.4, 0.5) is 0 Å². The molecule has 1 heterocycles. The number of benzene rings is 1.